The summed E-state index contributed by atoms with van der Waals surface area (Å²) < 4.78 is 5.66. The fourth-order valence-corrected chi connectivity index (χ4v) is 2.68. The van der Waals surface area contributed by atoms with Crippen molar-refractivity contribution in [2.75, 3.05) is 11.9 Å². The van der Waals surface area contributed by atoms with Gasteiger partial charge in [0.15, 0.2) is 0 Å². The normalized spacial score (nSPS) is 12.0. The molecule has 0 saturated carbocycles. The first-order chi connectivity index (χ1) is 13.0. The molecule has 0 saturated heterocycles. The van der Waals surface area contributed by atoms with Crippen LogP contribution in [0.25, 0.3) is 0 Å². The highest BCUT2D eigenvalue weighted by atomic mass is 16.5. The molecule has 0 aliphatic rings. The van der Waals surface area contributed by atoms with Gasteiger partial charge in [0.1, 0.15) is 17.4 Å². The predicted octanol–water partition coefficient (Wildman–Crippen LogP) is 4.40. The van der Waals surface area contributed by atoms with Gasteiger partial charge >= 0.3 is 0 Å². The molecule has 0 aliphatic carbocycles. The zero-order valence-corrected chi connectivity index (χ0v) is 16.2. The Bertz CT molecular complexity index is 881. The number of carbonyl (C=O) groups is 1. The van der Waals surface area contributed by atoms with E-state index in [1.54, 1.807) is 0 Å². The van der Waals surface area contributed by atoms with E-state index >= 15 is 0 Å². The zero-order chi connectivity index (χ0) is 19.8. The third-order valence-electron chi connectivity index (χ3n) is 4.16. The number of anilines is 1. The second kappa shape index (κ2) is 9.44. The van der Waals surface area contributed by atoms with Crippen molar-refractivity contribution in [2.45, 2.75) is 33.7 Å². The van der Waals surface area contributed by atoms with Gasteiger partial charge < -0.3 is 15.4 Å². The molecule has 2 aromatic carbocycles. The van der Waals surface area contributed by atoms with Crippen LogP contribution < -0.4 is 15.4 Å². The maximum atomic E-state index is 12.5. The molecule has 140 valence electrons. The van der Waals surface area contributed by atoms with Gasteiger partial charge in [-0.2, -0.15) is 5.26 Å². The highest BCUT2D eigenvalue weighted by molar-refractivity contribution is 5.97. The molecule has 1 atom stereocenters. The van der Waals surface area contributed by atoms with Crippen molar-refractivity contribution in [3.05, 3.63) is 70.9 Å². The largest absolute Gasteiger partial charge is 0.494 e. The number of benzene rings is 2. The topological polar surface area (TPSA) is 74.1 Å². The molecule has 5 heteroatoms. The molecule has 0 aliphatic heterocycles. The van der Waals surface area contributed by atoms with Crippen molar-refractivity contribution in [1.29, 1.82) is 5.26 Å². The molecule has 2 rings (SSSR count). The van der Waals surface area contributed by atoms with Gasteiger partial charge in [-0.15, -0.1) is 0 Å². The van der Waals surface area contributed by atoms with Crippen LogP contribution in [0.15, 0.2) is 54.2 Å². The molecular formula is C22H25N3O2. The molecule has 0 spiro atoms. The highest BCUT2D eigenvalue weighted by Crippen LogP contribution is 2.26. The van der Waals surface area contributed by atoms with E-state index in [0.717, 1.165) is 28.1 Å². The molecule has 0 bridgehead atoms. The first-order valence-corrected chi connectivity index (χ1v) is 8.93. The average molecular weight is 363 g/mol. The Morgan fingerprint density at radius 2 is 2.00 bits per heavy atom. The summed E-state index contributed by atoms with van der Waals surface area (Å²) in [5.41, 5.74) is 3.85. The number of hydrogen-bond acceptors (Lipinski definition) is 4. The molecule has 0 aromatic heterocycles. The second-order valence-corrected chi connectivity index (χ2v) is 6.30. The maximum Gasteiger partial charge on any atom is 0.263 e. The van der Waals surface area contributed by atoms with Gasteiger partial charge in [0.2, 0.25) is 0 Å². The van der Waals surface area contributed by atoms with Crippen LogP contribution in [0, 0.1) is 25.2 Å². The number of aryl methyl sites for hydroxylation is 2. The Kier molecular flexibility index (Phi) is 7.01. The van der Waals surface area contributed by atoms with Crippen molar-refractivity contribution in [3.8, 4) is 11.8 Å². The van der Waals surface area contributed by atoms with Gasteiger partial charge in [0.25, 0.3) is 5.91 Å². The third kappa shape index (κ3) is 5.35. The first kappa shape index (κ1) is 20.1. The fourth-order valence-electron chi connectivity index (χ4n) is 2.68. The van der Waals surface area contributed by atoms with E-state index in [2.05, 4.69) is 10.6 Å². The van der Waals surface area contributed by atoms with Crippen LogP contribution in [0.1, 0.15) is 36.6 Å². The number of para-hydroxylation sites is 1. The minimum atomic E-state index is -0.435. The van der Waals surface area contributed by atoms with E-state index in [1.165, 1.54) is 6.20 Å². The summed E-state index contributed by atoms with van der Waals surface area (Å²) in [5.74, 6) is 0.298. The number of nitrogens with one attached hydrogen (secondary N) is 2. The summed E-state index contributed by atoms with van der Waals surface area (Å²) in [6.07, 6.45) is 1.43. The highest BCUT2D eigenvalue weighted by Gasteiger charge is 2.17. The Morgan fingerprint density at radius 1 is 1.26 bits per heavy atom. The summed E-state index contributed by atoms with van der Waals surface area (Å²) >= 11 is 0. The van der Waals surface area contributed by atoms with Crippen molar-refractivity contribution < 1.29 is 9.53 Å². The lowest BCUT2D eigenvalue weighted by Crippen LogP contribution is -2.28. The summed E-state index contributed by atoms with van der Waals surface area (Å²) in [7, 11) is 0. The van der Waals surface area contributed by atoms with Gasteiger partial charge in [-0.3, -0.25) is 4.79 Å². The lowest BCUT2D eigenvalue weighted by Gasteiger charge is -2.18. The molecule has 5 nitrogen and oxygen atoms in total. The molecule has 2 N–H and O–H groups in total. The predicted molar refractivity (Wildman–Crippen MR) is 107 cm³/mol. The van der Waals surface area contributed by atoms with E-state index in [0.29, 0.717) is 6.61 Å². The Balaban J connectivity index is 2.15. The van der Waals surface area contributed by atoms with Crippen molar-refractivity contribution in [1.82, 2.24) is 5.32 Å². The number of nitriles is 1. The van der Waals surface area contributed by atoms with Crippen LogP contribution in [0.5, 0.6) is 5.75 Å². The standard InChI is InChI=1S/C22H25N3O2/c1-5-27-21-11-10-15(2)12-19(21)17(4)25-22(26)18(13-23)14-24-20-9-7-6-8-16(20)3/h6-12,14,17,24H,5H2,1-4H3,(H,25,26)/b18-14-. The monoisotopic (exact) mass is 363 g/mol. The van der Waals surface area contributed by atoms with Crippen LogP contribution in [-0.4, -0.2) is 12.5 Å². The molecule has 27 heavy (non-hydrogen) atoms. The minimum Gasteiger partial charge on any atom is -0.494 e. The number of hydrogen-bond donors (Lipinski definition) is 2. The maximum absolute atomic E-state index is 12.5. The first-order valence-electron chi connectivity index (χ1n) is 8.93. The van der Waals surface area contributed by atoms with Crippen molar-refractivity contribution >= 4 is 11.6 Å². The van der Waals surface area contributed by atoms with Crippen LogP contribution in [0.3, 0.4) is 0 Å². The van der Waals surface area contributed by atoms with Gasteiger partial charge in [-0.1, -0.05) is 35.9 Å². The molecule has 0 radical (unpaired) electrons. The lowest BCUT2D eigenvalue weighted by molar-refractivity contribution is -0.117. The zero-order valence-electron chi connectivity index (χ0n) is 16.2. The molecular weight excluding hydrogens is 338 g/mol. The smallest absolute Gasteiger partial charge is 0.263 e. The SMILES string of the molecule is CCOc1ccc(C)cc1C(C)NC(=O)/C(C#N)=C\Nc1ccccc1C. The summed E-state index contributed by atoms with van der Waals surface area (Å²) in [6.45, 7) is 8.28. The van der Waals surface area contributed by atoms with Crippen molar-refractivity contribution in [2.24, 2.45) is 0 Å². The molecule has 1 amide bonds. The van der Waals surface area contributed by atoms with Gasteiger partial charge in [0, 0.05) is 17.5 Å². The van der Waals surface area contributed by atoms with E-state index in [-0.39, 0.29) is 11.6 Å². The summed E-state index contributed by atoms with van der Waals surface area (Å²) in [4.78, 5) is 12.5. The number of nitrogens with zero attached hydrogens (tertiary/aromatic N) is 1. The fraction of sp³-hybridized carbons (Fsp3) is 0.273. The molecule has 0 fully saturated rings. The van der Waals surface area contributed by atoms with Gasteiger partial charge in [0.05, 0.1) is 12.6 Å². The Morgan fingerprint density at radius 3 is 2.67 bits per heavy atom. The molecule has 0 heterocycles. The quantitative estimate of drug-likeness (QED) is 0.565. The van der Waals surface area contributed by atoms with E-state index in [9.17, 15) is 10.1 Å². The van der Waals surface area contributed by atoms with E-state index in [4.69, 9.17) is 4.74 Å². The van der Waals surface area contributed by atoms with Crippen LogP contribution in [0.4, 0.5) is 5.69 Å². The molecule has 2 aromatic rings. The number of amides is 1. The van der Waals surface area contributed by atoms with Gasteiger partial charge in [-0.25, -0.2) is 0 Å². The van der Waals surface area contributed by atoms with Crippen LogP contribution in [-0.2, 0) is 4.79 Å². The second-order valence-electron chi connectivity index (χ2n) is 6.30. The summed E-state index contributed by atoms with van der Waals surface area (Å²) in [5, 5.41) is 15.3. The van der Waals surface area contributed by atoms with Crippen LogP contribution in [0.2, 0.25) is 0 Å². The van der Waals surface area contributed by atoms with Crippen LogP contribution >= 0.6 is 0 Å². The average Bonchev–Trinajstić information content (AvgIpc) is 2.65. The van der Waals surface area contributed by atoms with Crippen molar-refractivity contribution in [3.63, 3.8) is 0 Å². The number of rotatable bonds is 7. The number of ether oxygens (including phenoxy) is 1. The number of carbonyl (C=O) groups excluding carboxylic acids is 1. The van der Waals surface area contributed by atoms with E-state index < -0.39 is 5.91 Å². The van der Waals surface area contributed by atoms with Gasteiger partial charge in [-0.05, 0) is 45.4 Å². The third-order valence-corrected chi connectivity index (χ3v) is 4.16. The minimum absolute atomic E-state index is 0.00992. The lowest BCUT2D eigenvalue weighted by atomic mass is 10.0. The Hall–Kier alpha value is -3.26. The summed E-state index contributed by atoms with van der Waals surface area (Å²) in [6, 6.07) is 15.2. The Labute approximate surface area is 160 Å². The molecule has 1 unspecified atom stereocenters. The van der Waals surface area contributed by atoms with E-state index in [1.807, 2.05) is 76.2 Å².